The molecule has 14 heavy (non-hydrogen) atoms. The molecule has 1 heterocycles. The van der Waals surface area contributed by atoms with Crippen molar-refractivity contribution in [3.8, 4) is 0 Å². The Kier molecular flexibility index (Phi) is 4.83. The lowest BCUT2D eigenvalue weighted by molar-refractivity contribution is -0.137. The SMILES string of the molecule is O=C(O)CCCCCCc1ccco1. The number of aryl methyl sites for hydroxylation is 1. The van der Waals surface area contributed by atoms with Crippen LogP contribution >= 0.6 is 0 Å². The highest BCUT2D eigenvalue weighted by atomic mass is 16.4. The van der Waals surface area contributed by atoms with Crippen LogP contribution in [0.5, 0.6) is 0 Å². The minimum Gasteiger partial charge on any atom is -0.481 e. The average molecular weight is 196 g/mol. The molecule has 0 aliphatic rings. The zero-order valence-corrected chi connectivity index (χ0v) is 8.24. The largest absolute Gasteiger partial charge is 0.481 e. The van der Waals surface area contributed by atoms with E-state index in [-0.39, 0.29) is 0 Å². The molecule has 0 fully saturated rings. The molecular formula is C11H16O3. The second-order valence-corrected chi connectivity index (χ2v) is 3.39. The van der Waals surface area contributed by atoms with Crippen molar-refractivity contribution in [3.63, 3.8) is 0 Å². The lowest BCUT2D eigenvalue weighted by Gasteiger charge is -1.97. The summed E-state index contributed by atoms with van der Waals surface area (Å²) in [5, 5.41) is 8.41. The standard InChI is InChI=1S/C11H16O3/c12-11(13)8-4-2-1-3-6-10-7-5-9-14-10/h5,7,9H,1-4,6,8H2,(H,12,13). The Bertz CT molecular complexity index is 252. The Morgan fingerprint density at radius 1 is 1.29 bits per heavy atom. The monoisotopic (exact) mass is 196 g/mol. The van der Waals surface area contributed by atoms with E-state index in [9.17, 15) is 4.79 Å². The van der Waals surface area contributed by atoms with Crippen molar-refractivity contribution in [1.82, 2.24) is 0 Å². The van der Waals surface area contributed by atoms with E-state index in [0.29, 0.717) is 6.42 Å². The van der Waals surface area contributed by atoms with Crippen LogP contribution in [0.15, 0.2) is 22.8 Å². The van der Waals surface area contributed by atoms with Gasteiger partial charge < -0.3 is 9.52 Å². The van der Waals surface area contributed by atoms with Gasteiger partial charge in [0.25, 0.3) is 0 Å². The highest BCUT2D eigenvalue weighted by Gasteiger charge is 1.98. The molecule has 0 saturated carbocycles. The first kappa shape index (κ1) is 10.8. The number of carbonyl (C=O) groups is 1. The van der Waals surface area contributed by atoms with E-state index in [0.717, 1.165) is 37.9 Å². The lowest BCUT2D eigenvalue weighted by Crippen LogP contribution is -1.93. The van der Waals surface area contributed by atoms with Gasteiger partial charge in [0.2, 0.25) is 0 Å². The summed E-state index contributed by atoms with van der Waals surface area (Å²) in [5.74, 6) is 0.319. The van der Waals surface area contributed by atoms with Gasteiger partial charge in [0.05, 0.1) is 6.26 Å². The molecular weight excluding hydrogens is 180 g/mol. The second-order valence-electron chi connectivity index (χ2n) is 3.39. The molecule has 1 rings (SSSR count). The topological polar surface area (TPSA) is 50.4 Å². The normalized spacial score (nSPS) is 10.3. The van der Waals surface area contributed by atoms with Crippen molar-refractivity contribution < 1.29 is 14.3 Å². The highest BCUT2D eigenvalue weighted by Crippen LogP contribution is 2.09. The zero-order valence-electron chi connectivity index (χ0n) is 8.24. The van der Waals surface area contributed by atoms with Crippen molar-refractivity contribution in [2.45, 2.75) is 38.5 Å². The molecule has 0 unspecified atom stereocenters. The average Bonchev–Trinajstić information content (AvgIpc) is 2.63. The summed E-state index contributed by atoms with van der Waals surface area (Å²) >= 11 is 0. The fourth-order valence-electron chi connectivity index (χ4n) is 1.38. The van der Waals surface area contributed by atoms with Crippen LogP contribution in [0.3, 0.4) is 0 Å². The highest BCUT2D eigenvalue weighted by molar-refractivity contribution is 5.66. The molecule has 1 aromatic heterocycles. The minimum atomic E-state index is -0.698. The van der Waals surface area contributed by atoms with Gasteiger partial charge in [0, 0.05) is 12.8 Å². The summed E-state index contributed by atoms with van der Waals surface area (Å²) in [7, 11) is 0. The number of unbranched alkanes of at least 4 members (excludes halogenated alkanes) is 3. The van der Waals surface area contributed by atoms with Crippen molar-refractivity contribution in [1.29, 1.82) is 0 Å². The van der Waals surface area contributed by atoms with Crippen LogP contribution in [-0.4, -0.2) is 11.1 Å². The molecule has 0 bridgehead atoms. The number of hydrogen-bond donors (Lipinski definition) is 1. The second kappa shape index (κ2) is 6.24. The van der Waals surface area contributed by atoms with Crippen molar-refractivity contribution in [2.24, 2.45) is 0 Å². The number of aliphatic carboxylic acids is 1. The number of carboxylic acid groups (broad SMARTS) is 1. The number of furan rings is 1. The fourth-order valence-corrected chi connectivity index (χ4v) is 1.38. The van der Waals surface area contributed by atoms with Gasteiger partial charge in [-0.1, -0.05) is 12.8 Å². The molecule has 1 aromatic rings. The third-order valence-corrected chi connectivity index (χ3v) is 2.14. The van der Waals surface area contributed by atoms with Gasteiger partial charge in [-0.15, -0.1) is 0 Å². The molecule has 0 amide bonds. The predicted molar refractivity (Wildman–Crippen MR) is 53.1 cm³/mol. The maximum atomic E-state index is 10.2. The van der Waals surface area contributed by atoms with Crippen LogP contribution in [0.25, 0.3) is 0 Å². The van der Waals surface area contributed by atoms with E-state index >= 15 is 0 Å². The molecule has 0 atom stereocenters. The molecule has 0 aliphatic carbocycles. The van der Waals surface area contributed by atoms with Crippen molar-refractivity contribution in [2.75, 3.05) is 0 Å². The molecule has 0 saturated heterocycles. The van der Waals surface area contributed by atoms with Crippen LogP contribution in [0, 0.1) is 0 Å². The first-order valence-electron chi connectivity index (χ1n) is 5.03. The predicted octanol–water partition coefficient (Wildman–Crippen LogP) is 2.86. The van der Waals surface area contributed by atoms with E-state index < -0.39 is 5.97 Å². The van der Waals surface area contributed by atoms with Crippen LogP contribution in [0.4, 0.5) is 0 Å². The van der Waals surface area contributed by atoms with E-state index in [1.807, 2.05) is 12.1 Å². The summed E-state index contributed by atoms with van der Waals surface area (Å²) in [6.07, 6.45) is 6.86. The first-order valence-corrected chi connectivity index (χ1v) is 5.03. The maximum Gasteiger partial charge on any atom is 0.303 e. The van der Waals surface area contributed by atoms with Crippen LogP contribution in [-0.2, 0) is 11.2 Å². The number of carboxylic acids is 1. The molecule has 0 radical (unpaired) electrons. The Balaban J connectivity index is 1.92. The quantitative estimate of drug-likeness (QED) is 0.682. The molecule has 3 heteroatoms. The fraction of sp³-hybridized carbons (Fsp3) is 0.545. The van der Waals surface area contributed by atoms with Gasteiger partial charge in [-0.05, 0) is 25.0 Å². The van der Waals surface area contributed by atoms with E-state index in [1.165, 1.54) is 0 Å². The summed E-state index contributed by atoms with van der Waals surface area (Å²) < 4.78 is 5.18. The first-order chi connectivity index (χ1) is 6.79. The minimum absolute atomic E-state index is 0.292. The van der Waals surface area contributed by atoms with E-state index in [4.69, 9.17) is 9.52 Å². The molecule has 1 N–H and O–H groups in total. The van der Waals surface area contributed by atoms with Crippen LogP contribution in [0.1, 0.15) is 37.9 Å². The van der Waals surface area contributed by atoms with Gasteiger partial charge in [0.1, 0.15) is 5.76 Å². The zero-order chi connectivity index (χ0) is 10.2. The Morgan fingerprint density at radius 2 is 2.07 bits per heavy atom. The van der Waals surface area contributed by atoms with Crippen molar-refractivity contribution >= 4 is 5.97 Å². The molecule has 0 aromatic carbocycles. The maximum absolute atomic E-state index is 10.2. The third kappa shape index (κ3) is 4.70. The van der Waals surface area contributed by atoms with Crippen LogP contribution < -0.4 is 0 Å². The third-order valence-electron chi connectivity index (χ3n) is 2.14. The van der Waals surface area contributed by atoms with Gasteiger partial charge in [-0.2, -0.15) is 0 Å². The summed E-state index contributed by atoms with van der Waals surface area (Å²) in [6, 6.07) is 3.86. The Labute approximate surface area is 83.7 Å². The Morgan fingerprint density at radius 3 is 2.71 bits per heavy atom. The van der Waals surface area contributed by atoms with Gasteiger partial charge in [-0.25, -0.2) is 0 Å². The van der Waals surface area contributed by atoms with Gasteiger partial charge in [0.15, 0.2) is 0 Å². The molecule has 0 spiro atoms. The molecule has 3 nitrogen and oxygen atoms in total. The number of hydrogen-bond acceptors (Lipinski definition) is 2. The summed E-state index contributed by atoms with van der Waals surface area (Å²) in [4.78, 5) is 10.2. The van der Waals surface area contributed by atoms with Crippen molar-refractivity contribution in [3.05, 3.63) is 24.2 Å². The summed E-state index contributed by atoms with van der Waals surface area (Å²) in [5.41, 5.74) is 0. The Hall–Kier alpha value is -1.25. The molecule has 0 aliphatic heterocycles. The lowest BCUT2D eigenvalue weighted by atomic mass is 10.1. The van der Waals surface area contributed by atoms with Crippen LogP contribution in [0.2, 0.25) is 0 Å². The molecule has 78 valence electrons. The number of rotatable bonds is 7. The van der Waals surface area contributed by atoms with Gasteiger partial charge >= 0.3 is 5.97 Å². The summed E-state index contributed by atoms with van der Waals surface area (Å²) in [6.45, 7) is 0. The van der Waals surface area contributed by atoms with Gasteiger partial charge in [-0.3, -0.25) is 4.79 Å². The van der Waals surface area contributed by atoms with E-state index in [2.05, 4.69) is 0 Å². The van der Waals surface area contributed by atoms with E-state index in [1.54, 1.807) is 6.26 Å². The smallest absolute Gasteiger partial charge is 0.303 e.